The molecular formula is C20H21N. The normalized spacial score (nSPS) is 14.3. The van der Waals surface area contributed by atoms with Gasteiger partial charge in [-0.25, -0.2) is 0 Å². The Bertz CT molecular complexity index is 693. The van der Waals surface area contributed by atoms with Crippen LogP contribution in [0.25, 0.3) is 5.57 Å². The molecule has 0 saturated heterocycles. The number of rotatable bonds is 4. The van der Waals surface area contributed by atoms with Crippen LogP contribution in [0.1, 0.15) is 31.4 Å². The van der Waals surface area contributed by atoms with E-state index in [1.165, 1.54) is 33.5 Å². The third-order valence-electron chi connectivity index (χ3n) is 3.99. The molecule has 0 bridgehead atoms. The molecule has 0 amide bonds. The summed E-state index contributed by atoms with van der Waals surface area (Å²) >= 11 is 0. The highest BCUT2D eigenvalue weighted by Gasteiger charge is 2.14. The SMILES string of the molecule is CC1=CC(C)=C(c2ccccc2CNc2ccccc2)C1. The van der Waals surface area contributed by atoms with Gasteiger partial charge in [-0.15, -0.1) is 0 Å². The lowest BCUT2D eigenvalue weighted by Crippen LogP contribution is -2.02. The number of benzene rings is 2. The summed E-state index contributed by atoms with van der Waals surface area (Å²) in [6, 6.07) is 19.1. The Morgan fingerprint density at radius 2 is 1.62 bits per heavy atom. The van der Waals surface area contributed by atoms with E-state index in [-0.39, 0.29) is 0 Å². The van der Waals surface area contributed by atoms with Crippen LogP contribution in [0, 0.1) is 0 Å². The zero-order valence-electron chi connectivity index (χ0n) is 12.7. The molecule has 0 unspecified atom stereocenters. The van der Waals surface area contributed by atoms with Crippen molar-refractivity contribution in [3.8, 4) is 0 Å². The Labute approximate surface area is 127 Å². The van der Waals surface area contributed by atoms with Gasteiger partial charge in [-0.3, -0.25) is 0 Å². The van der Waals surface area contributed by atoms with E-state index in [9.17, 15) is 0 Å². The second-order valence-corrected chi connectivity index (χ2v) is 5.71. The van der Waals surface area contributed by atoms with Crippen LogP contribution in [-0.4, -0.2) is 0 Å². The van der Waals surface area contributed by atoms with Gasteiger partial charge in [0.2, 0.25) is 0 Å². The van der Waals surface area contributed by atoms with E-state index >= 15 is 0 Å². The minimum Gasteiger partial charge on any atom is -0.381 e. The maximum atomic E-state index is 3.51. The highest BCUT2D eigenvalue weighted by molar-refractivity contribution is 5.77. The summed E-state index contributed by atoms with van der Waals surface area (Å²) in [6.45, 7) is 5.28. The molecule has 3 rings (SSSR count). The molecule has 1 aliphatic rings. The monoisotopic (exact) mass is 275 g/mol. The first kappa shape index (κ1) is 13.7. The van der Waals surface area contributed by atoms with Crippen molar-refractivity contribution in [1.82, 2.24) is 0 Å². The van der Waals surface area contributed by atoms with Crippen LogP contribution in [0.3, 0.4) is 0 Å². The van der Waals surface area contributed by atoms with E-state index in [0.717, 1.165) is 13.0 Å². The molecule has 1 heteroatoms. The molecule has 0 radical (unpaired) electrons. The number of anilines is 1. The first-order valence-corrected chi connectivity index (χ1v) is 7.48. The second-order valence-electron chi connectivity index (χ2n) is 5.71. The van der Waals surface area contributed by atoms with E-state index in [0.29, 0.717) is 0 Å². The molecule has 0 saturated carbocycles. The molecule has 1 aliphatic carbocycles. The first-order valence-electron chi connectivity index (χ1n) is 7.48. The number of nitrogens with one attached hydrogen (secondary N) is 1. The quantitative estimate of drug-likeness (QED) is 0.785. The fourth-order valence-corrected chi connectivity index (χ4v) is 2.96. The Balaban J connectivity index is 1.83. The molecule has 0 spiro atoms. The van der Waals surface area contributed by atoms with Crippen molar-refractivity contribution in [2.24, 2.45) is 0 Å². The fraction of sp³-hybridized carbons (Fsp3) is 0.200. The van der Waals surface area contributed by atoms with Crippen molar-refractivity contribution in [3.05, 3.63) is 82.9 Å². The highest BCUT2D eigenvalue weighted by atomic mass is 14.9. The molecule has 2 aromatic carbocycles. The topological polar surface area (TPSA) is 12.0 Å². The lowest BCUT2D eigenvalue weighted by atomic mass is 9.95. The van der Waals surface area contributed by atoms with Crippen LogP contribution >= 0.6 is 0 Å². The number of allylic oxidation sites excluding steroid dienone is 4. The standard InChI is InChI=1S/C20H21N/c1-15-12-16(2)20(13-15)19-11-7-6-8-17(19)14-21-18-9-4-3-5-10-18/h3-12,21H,13-14H2,1-2H3. The van der Waals surface area contributed by atoms with Crippen molar-refractivity contribution in [2.75, 3.05) is 5.32 Å². The molecule has 0 heterocycles. The van der Waals surface area contributed by atoms with Gasteiger partial charge < -0.3 is 5.32 Å². The molecule has 1 nitrogen and oxygen atoms in total. The Morgan fingerprint density at radius 1 is 0.905 bits per heavy atom. The number of hydrogen-bond acceptors (Lipinski definition) is 1. The van der Waals surface area contributed by atoms with Gasteiger partial charge in [-0.2, -0.15) is 0 Å². The van der Waals surface area contributed by atoms with Crippen LogP contribution < -0.4 is 5.32 Å². The molecule has 0 fully saturated rings. The van der Waals surface area contributed by atoms with E-state index in [4.69, 9.17) is 0 Å². The van der Waals surface area contributed by atoms with Crippen LogP contribution in [0.2, 0.25) is 0 Å². The summed E-state index contributed by atoms with van der Waals surface area (Å²) in [4.78, 5) is 0. The van der Waals surface area contributed by atoms with Crippen molar-refractivity contribution < 1.29 is 0 Å². The van der Waals surface area contributed by atoms with E-state index in [1.54, 1.807) is 0 Å². The molecule has 1 N–H and O–H groups in total. The van der Waals surface area contributed by atoms with Gasteiger partial charge in [0.1, 0.15) is 0 Å². The molecule has 0 atom stereocenters. The summed E-state index contributed by atoms with van der Waals surface area (Å²) in [5, 5.41) is 3.51. The lowest BCUT2D eigenvalue weighted by Gasteiger charge is -2.14. The maximum Gasteiger partial charge on any atom is 0.0406 e. The molecular weight excluding hydrogens is 254 g/mol. The minimum atomic E-state index is 0.857. The van der Waals surface area contributed by atoms with Crippen molar-refractivity contribution in [3.63, 3.8) is 0 Å². The van der Waals surface area contributed by atoms with Gasteiger partial charge in [0.15, 0.2) is 0 Å². The molecule has 106 valence electrons. The number of para-hydroxylation sites is 1. The van der Waals surface area contributed by atoms with Gasteiger partial charge in [0, 0.05) is 12.2 Å². The van der Waals surface area contributed by atoms with E-state index in [1.807, 2.05) is 6.07 Å². The first-order chi connectivity index (χ1) is 10.2. The molecule has 0 aliphatic heterocycles. The largest absolute Gasteiger partial charge is 0.381 e. The fourth-order valence-electron chi connectivity index (χ4n) is 2.96. The van der Waals surface area contributed by atoms with Crippen molar-refractivity contribution in [1.29, 1.82) is 0 Å². The lowest BCUT2D eigenvalue weighted by molar-refractivity contribution is 1.13. The molecule has 2 aromatic rings. The molecule has 0 aromatic heterocycles. The predicted octanol–water partition coefficient (Wildman–Crippen LogP) is 5.42. The third kappa shape index (κ3) is 3.08. The summed E-state index contributed by atoms with van der Waals surface area (Å²) in [5.41, 5.74) is 8.23. The number of hydrogen-bond donors (Lipinski definition) is 1. The van der Waals surface area contributed by atoms with Gasteiger partial charge >= 0.3 is 0 Å². The summed E-state index contributed by atoms with van der Waals surface area (Å²) < 4.78 is 0. The van der Waals surface area contributed by atoms with Crippen LogP contribution in [-0.2, 0) is 6.54 Å². The Hall–Kier alpha value is -2.28. The van der Waals surface area contributed by atoms with Crippen molar-refractivity contribution >= 4 is 11.3 Å². The smallest absolute Gasteiger partial charge is 0.0406 e. The predicted molar refractivity (Wildman–Crippen MR) is 91.2 cm³/mol. The van der Waals surface area contributed by atoms with Crippen LogP contribution in [0.5, 0.6) is 0 Å². The zero-order valence-corrected chi connectivity index (χ0v) is 12.7. The van der Waals surface area contributed by atoms with Crippen LogP contribution in [0.15, 0.2) is 71.8 Å². The average molecular weight is 275 g/mol. The minimum absolute atomic E-state index is 0.857. The Kier molecular flexibility index (Phi) is 3.92. The third-order valence-corrected chi connectivity index (χ3v) is 3.99. The maximum absolute atomic E-state index is 3.51. The van der Waals surface area contributed by atoms with Gasteiger partial charge in [0.05, 0.1) is 0 Å². The zero-order chi connectivity index (χ0) is 14.7. The van der Waals surface area contributed by atoms with Crippen LogP contribution in [0.4, 0.5) is 5.69 Å². The summed E-state index contributed by atoms with van der Waals surface area (Å²) in [7, 11) is 0. The average Bonchev–Trinajstić information content (AvgIpc) is 2.85. The van der Waals surface area contributed by atoms with E-state index < -0.39 is 0 Å². The van der Waals surface area contributed by atoms with Gasteiger partial charge in [-0.05, 0) is 54.7 Å². The molecule has 21 heavy (non-hydrogen) atoms. The summed E-state index contributed by atoms with van der Waals surface area (Å²) in [6.07, 6.45) is 3.38. The van der Waals surface area contributed by atoms with Gasteiger partial charge in [0.25, 0.3) is 0 Å². The Morgan fingerprint density at radius 3 is 2.33 bits per heavy atom. The van der Waals surface area contributed by atoms with Crippen molar-refractivity contribution in [2.45, 2.75) is 26.8 Å². The second kappa shape index (κ2) is 6.01. The van der Waals surface area contributed by atoms with E-state index in [2.05, 4.69) is 73.8 Å². The summed E-state index contributed by atoms with van der Waals surface area (Å²) in [5.74, 6) is 0. The highest BCUT2D eigenvalue weighted by Crippen LogP contribution is 2.34. The van der Waals surface area contributed by atoms with Gasteiger partial charge in [-0.1, -0.05) is 54.1 Å².